The molecule has 0 bridgehead atoms. The van der Waals surface area contributed by atoms with Crippen LogP contribution in [0.1, 0.15) is 30.2 Å². The number of likely N-dealkylation sites (tertiary alicyclic amines) is 1. The lowest BCUT2D eigenvalue weighted by atomic mass is 9.97. The molecule has 4 rings (SSSR count). The van der Waals surface area contributed by atoms with Crippen LogP contribution in [0.25, 0.3) is 17.5 Å². The van der Waals surface area contributed by atoms with Crippen LogP contribution in [0.5, 0.6) is 17.2 Å². The van der Waals surface area contributed by atoms with Crippen molar-refractivity contribution in [1.29, 1.82) is 0 Å². The molecule has 2 aromatic carbocycles. The Hall–Kier alpha value is -3.88. The first-order valence-electron chi connectivity index (χ1n) is 10.9. The van der Waals surface area contributed by atoms with Crippen molar-refractivity contribution in [3.63, 3.8) is 0 Å². The Bertz CT molecular complexity index is 1140. The minimum Gasteiger partial charge on any atom is -0.493 e. The maximum absolute atomic E-state index is 13.1. The molecule has 0 atom stereocenters. The van der Waals surface area contributed by atoms with Crippen molar-refractivity contribution in [3.05, 3.63) is 59.7 Å². The van der Waals surface area contributed by atoms with E-state index in [4.69, 9.17) is 18.6 Å². The highest BCUT2D eigenvalue weighted by Crippen LogP contribution is 2.38. The van der Waals surface area contributed by atoms with Gasteiger partial charge in [-0.1, -0.05) is 0 Å². The summed E-state index contributed by atoms with van der Waals surface area (Å²) in [4.78, 5) is 14.5. The van der Waals surface area contributed by atoms with Crippen LogP contribution in [-0.2, 0) is 4.79 Å². The summed E-state index contributed by atoms with van der Waals surface area (Å²) in [6.45, 7) is 1.16. The van der Waals surface area contributed by atoms with E-state index >= 15 is 0 Å². The Morgan fingerprint density at radius 2 is 1.68 bits per heavy atom. The number of rotatable bonds is 7. The van der Waals surface area contributed by atoms with Gasteiger partial charge in [-0.2, -0.15) is 0 Å². The fourth-order valence-corrected chi connectivity index (χ4v) is 3.93. The van der Waals surface area contributed by atoms with Crippen LogP contribution in [-0.4, -0.2) is 55.4 Å². The third kappa shape index (κ3) is 5.03. The van der Waals surface area contributed by atoms with Crippen LogP contribution >= 0.6 is 0 Å². The Morgan fingerprint density at radius 1 is 1.03 bits per heavy atom. The smallest absolute Gasteiger partial charge is 0.247 e. The average molecular weight is 467 g/mol. The van der Waals surface area contributed by atoms with Gasteiger partial charge in [0.1, 0.15) is 5.82 Å². The molecule has 0 spiro atoms. The van der Waals surface area contributed by atoms with Gasteiger partial charge in [-0.15, -0.1) is 10.2 Å². The first kappa shape index (κ1) is 23.3. The van der Waals surface area contributed by atoms with Crippen LogP contribution in [0.3, 0.4) is 0 Å². The van der Waals surface area contributed by atoms with E-state index in [-0.39, 0.29) is 17.6 Å². The predicted octanol–water partition coefficient (Wildman–Crippen LogP) is 4.32. The third-order valence-electron chi connectivity index (χ3n) is 5.79. The molecule has 0 radical (unpaired) electrons. The molecule has 0 saturated carbocycles. The Kier molecular flexibility index (Phi) is 7.10. The highest BCUT2D eigenvalue weighted by Gasteiger charge is 2.27. The molecule has 1 saturated heterocycles. The number of amides is 1. The van der Waals surface area contributed by atoms with Gasteiger partial charge in [0.05, 0.1) is 21.3 Å². The number of piperidine rings is 1. The number of hydrogen-bond donors (Lipinski definition) is 0. The highest BCUT2D eigenvalue weighted by molar-refractivity contribution is 5.92. The van der Waals surface area contributed by atoms with Crippen LogP contribution < -0.4 is 14.2 Å². The molecule has 178 valence electrons. The first-order valence-corrected chi connectivity index (χ1v) is 10.9. The molecule has 0 N–H and O–H groups in total. The molecule has 2 heterocycles. The summed E-state index contributed by atoms with van der Waals surface area (Å²) in [6.07, 6.45) is 4.70. The van der Waals surface area contributed by atoms with Gasteiger partial charge in [-0.25, -0.2) is 4.39 Å². The Labute approximate surface area is 196 Å². The zero-order chi connectivity index (χ0) is 24.1. The van der Waals surface area contributed by atoms with E-state index in [1.165, 1.54) is 12.1 Å². The second kappa shape index (κ2) is 10.4. The van der Waals surface area contributed by atoms with Gasteiger partial charge in [-0.05, 0) is 60.9 Å². The Morgan fingerprint density at radius 3 is 2.26 bits per heavy atom. The molecule has 3 aromatic rings. The molecular weight excluding hydrogens is 441 g/mol. The number of carbonyl (C=O) groups excluding carboxylic acids is 1. The monoisotopic (exact) mass is 467 g/mol. The van der Waals surface area contributed by atoms with Crippen molar-refractivity contribution in [2.75, 3.05) is 34.4 Å². The number of carbonyl (C=O) groups is 1. The van der Waals surface area contributed by atoms with Crippen molar-refractivity contribution in [2.45, 2.75) is 18.8 Å². The Balaban J connectivity index is 1.37. The lowest BCUT2D eigenvalue weighted by molar-refractivity contribution is -0.127. The number of hydrogen-bond acceptors (Lipinski definition) is 7. The van der Waals surface area contributed by atoms with Crippen molar-refractivity contribution in [1.82, 2.24) is 15.1 Å². The fraction of sp³-hybridized carbons (Fsp3) is 0.320. The van der Waals surface area contributed by atoms with Gasteiger partial charge in [0.25, 0.3) is 0 Å². The summed E-state index contributed by atoms with van der Waals surface area (Å²) < 4.78 is 35.0. The summed E-state index contributed by atoms with van der Waals surface area (Å²) in [5.41, 5.74) is 1.43. The molecule has 9 heteroatoms. The minimum atomic E-state index is -0.320. The number of ether oxygens (including phenoxy) is 3. The molecule has 1 aromatic heterocycles. The molecule has 1 fully saturated rings. The van der Waals surface area contributed by atoms with Crippen molar-refractivity contribution >= 4 is 12.0 Å². The van der Waals surface area contributed by atoms with Crippen LogP contribution in [0.4, 0.5) is 4.39 Å². The lowest BCUT2D eigenvalue weighted by Crippen LogP contribution is -2.36. The summed E-state index contributed by atoms with van der Waals surface area (Å²) >= 11 is 0. The quantitative estimate of drug-likeness (QED) is 0.478. The topological polar surface area (TPSA) is 86.9 Å². The van der Waals surface area contributed by atoms with Gasteiger partial charge in [0.2, 0.25) is 23.4 Å². The number of nitrogens with zero attached hydrogens (tertiary/aromatic N) is 3. The summed E-state index contributed by atoms with van der Waals surface area (Å²) in [6, 6.07) is 9.49. The normalized spacial score (nSPS) is 14.4. The number of benzene rings is 2. The predicted molar refractivity (Wildman–Crippen MR) is 123 cm³/mol. The number of methoxy groups -OCH3 is 3. The van der Waals surface area contributed by atoms with Gasteiger partial charge in [0, 0.05) is 30.6 Å². The van der Waals surface area contributed by atoms with Gasteiger partial charge in [0.15, 0.2) is 11.5 Å². The van der Waals surface area contributed by atoms with E-state index in [0.717, 1.165) is 18.4 Å². The molecular formula is C25H26FN3O5. The second-order valence-electron chi connectivity index (χ2n) is 7.84. The molecule has 8 nitrogen and oxygen atoms in total. The van der Waals surface area contributed by atoms with E-state index in [2.05, 4.69) is 10.2 Å². The third-order valence-corrected chi connectivity index (χ3v) is 5.79. The zero-order valence-corrected chi connectivity index (χ0v) is 19.3. The largest absolute Gasteiger partial charge is 0.493 e. The number of aromatic nitrogens is 2. The highest BCUT2D eigenvalue weighted by atomic mass is 19.1. The maximum atomic E-state index is 13.1. The standard InChI is InChI=1S/C25H26FN3O5/c1-31-20-14-16(15-21(32-2)23(20)33-3)4-9-22(30)29-12-10-18(11-13-29)25-28-27-24(34-25)17-5-7-19(26)8-6-17/h4-9,14-15,18H,10-13H2,1-3H3. The maximum Gasteiger partial charge on any atom is 0.247 e. The second-order valence-corrected chi connectivity index (χ2v) is 7.84. The van der Waals surface area contributed by atoms with Crippen molar-refractivity contribution in [3.8, 4) is 28.7 Å². The lowest BCUT2D eigenvalue weighted by Gasteiger charge is -2.29. The number of halogens is 1. The van der Waals surface area contributed by atoms with Crippen molar-refractivity contribution in [2.24, 2.45) is 0 Å². The first-order chi connectivity index (χ1) is 16.5. The summed E-state index contributed by atoms with van der Waals surface area (Å²) in [5, 5.41) is 8.26. The van der Waals surface area contributed by atoms with E-state index in [1.54, 1.807) is 62.6 Å². The van der Waals surface area contributed by atoms with Gasteiger partial charge in [-0.3, -0.25) is 4.79 Å². The van der Waals surface area contributed by atoms with Crippen molar-refractivity contribution < 1.29 is 27.8 Å². The SMILES string of the molecule is COc1cc(C=CC(=O)N2CCC(c3nnc(-c4ccc(F)cc4)o3)CC2)cc(OC)c1OC. The van der Waals surface area contributed by atoms with Gasteiger partial charge < -0.3 is 23.5 Å². The average Bonchev–Trinajstić information content (AvgIpc) is 3.37. The molecule has 34 heavy (non-hydrogen) atoms. The van der Waals surface area contributed by atoms with Crippen LogP contribution in [0.2, 0.25) is 0 Å². The summed E-state index contributed by atoms with van der Waals surface area (Å²) in [5.74, 6) is 2.12. The van der Waals surface area contributed by atoms with E-state index in [0.29, 0.717) is 47.7 Å². The van der Waals surface area contributed by atoms with E-state index in [9.17, 15) is 9.18 Å². The summed E-state index contributed by atoms with van der Waals surface area (Å²) in [7, 11) is 4.64. The van der Waals surface area contributed by atoms with Crippen LogP contribution in [0.15, 0.2) is 46.9 Å². The van der Waals surface area contributed by atoms with Crippen LogP contribution in [0, 0.1) is 5.82 Å². The molecule has 1 aliphatic rings. The fourth-order valence-electron chi connectivity index (χ4n) is 3.93. The zero-order valence-electron chi connectivity index (χ0n) is 19.3. The molecule has 0 unspecified atom stereocenters. The molecule has 1 aliphatic heterocycles. The molecule has 1 amide bonds. The van der Waals surface area contributed by atoms with E-state index < -0.39 is 0 Å². The molecule has 0 aliphatic carbocycles. The van der Waals surface area contributed by atoms with Gasteiger partial charge >= 0.3 is 0 Å². The minimum absolute atomic E-state index is 0.0739. The van der Waals surface area contributed by atoms with E-state index in [1.807, 2.05) is 0 Å².